The molecule has 1 aliphatic heterocycles. The lowest BCUT2D eigenvalue weighted by atomic mass is 10.1. The van der Waals surface area contributed by atoms with Gasteiger partial charge in [0.05, 0.1) is 6.61 Å². The van der Waals surface area contributed by atoms with Gasteiger partial charge >= 0.3 is 0 Å². The fourth-order valence-electron chi connectivity index (χ4n) is 2.53. The Kier molecular flexibility index (Phi) is 4.75. The lowest BCUT2D eigenvalue weighted by Gasteiger charge is -2.11. The molecular weight excluding hydrogens is 373 g/mol. The van der Waals surface area contributed by atoms with Crippen LogP contribution in [0.25, 0.3) is 0 Å². The second-order valence-electron chi connectivity index (χ2n) is 5.03. The van der Waals surface area contributed by atoms with Crippen LogP contribution in [0.4, 0.5) is 0 Å². The molecule has 21 heavy (non-hydrogen) atoms. The van der Waals surface area contributed by atoms with E-state index in [1.807, 2.05) is 12.1 Å². The van der Waals surface area contributed by atoms with Crippen molar-refractivity contribution in [3.05, 3.63) is 61.5 Å². The van der Waals surface area contributed by atoms with Crippen molar-refractivity contribution in [1.29, 1.82) is 0 Å². The van der Waals surface area contributed by atoms with E-state index in [-0.39, 0.29) is 0 Å². The first-order valence-corrected chi connectivity index (χ1v) is 8.26. The molecule has 0 fully saturated rings. The Bertz CT molecular complexity index is 655. The number of rotatable bonds is 4. The van der Waals surface area contributed by atoms with Crippen molar-refractivity contribution in [3.63, 3.8) is 0 Å². The van der Waals surface area contributed by atoms with Crippen LogP contribution < -0.4 is 10.1 Å². The summed E-state index contributed by atoms with van der Waals surface area (Å²) in [5.74, 6) is 1.02. The van der Waals surface area contributed by atoms with E-state index in [2.05, 4.69) is 33.4 Å². The maximum Gasteiger partial charge on any atom is 0.127 e. The van der Waals surface area contributed by atoms with Gasteiger partial charge in [-0.05, 0) is 41.5 Å². The Labute approximate surface area is 142 Å². The summed E-state index contributed by atoms with van der Waals surface area (Å²) < 4.78 is 6.81. The average Bonchev–Trinajstić information content (AvgIpc) is 2.85. The molecule has 5 heteroatoms. The second-order valence-corrected chi connectivity index (χ2v) is 6.82. The standard InChI is InChI=1S/C16H14BrCl2NO/c17-13-5-11-1-2-21-16(11)12(6-13)9-20-8-10-3-14(18)7-15(19)4-10/h3-7,20H,1-2,8-9H2. The largest absolute Gasteiger partial charge is 0.493 e. The monoisotopic (exact) mass is 385 g/mol. The highest BCUT2D eigenvalue weighted by molar-refractivity contribution is 9.10. The lowest BCUT2D eigenvalue weighted by molar-refractivity contribution is 0.352. The molecule has 0 radical (unpaired) electrons. The SMILES string of the molecule is Clc1cc(Cl)cc(CNCc2cc(Br)cc3c2OCC3)c1. The molecule has 0 aromatic heterocycles. The highest BCUT2D eigenvalue weighted by Crippen LogP contribution is 2.33. The summed E-state index contributed by atoms with van der Waals surface area (Å²) in [6.07, 6.45) is 0.978. The summed E-state index contributed by atoms with van der Waals surface area (Å²) in [4.78, 5) is 0. The normalized spacial score (nSPS) is 13.1. The van der Waals surface area contributed by atoms with Gasteiger partial charge in [0.2, 0.25) is 0 Å². The van der Waals surface area contributed by atoms with E-state index in [4.69, 9.17) is 27.9 Å². The number of ether oxygens (including phenoxy) is 1. The Balaban J connectivity index is 1.68. The van der Waals surface area contributed by atoms with Crippen molar-refractivity contribution in [3.8, 4) is 5.75 Å². The van der Waals surface area contributed by atoms with E-state index in [9.17, 15) is 0 Å². The topological polar surface area (TPSA) is 21.3 Å². The van der Waals surface area contributed by atoms with E-state index in [1.165, 1.54) is 11.1 Å². The highest BCUT2D eigenvalue weighted by atomic mass is 79.9. The third-order valence-corrected chi connectivity index (χ3v) is 4.29. The number of fused-ring (bicyclic) bond motifs is 1. The molecule has 0 bridgehead atoms. The predicted molar refractivity (Wildman–Crippen MR) is 90.3 cm³/mol. The fourth-order valence-corrected chi connectivity index (χ4v) is 3.66. The van der Waals surface area contributed by atoms with E-state index in [0.29, 0.717) is 16.6 Å². The number of nitrogens with one attached hydrogen (secondary N) is 1. The van der Waals surface area contributed by atoms with Gasteiger partial charge in [0, 0.05) is 39.6 Å². The molecule has 0 saturated heterocycles. The van der Waals surface area contributed by atoms with E-state index in [1.54, 1.807) is 6.07 Å². The minimum atomic E-state index is 0.658. The summed E-state index contributed by atoms with van der Waals surface area (Å²) in [5, 5.41) is 4.73. The highest BCUT2D eigenvalue weighted by Gasteiger charge is 2.17. The Morgan fingerprint density at radius 1 is 1.05 bits per heavy atom. The molecule has 2 nitrogen and oxygen atoms in total. The molecule has 0 aliphatic carbocycles. The van der Waals surface area contributed by atoms with E-state index < -0.39 is 0 Å². The van der Waals surface area contributed by atoms with Crippen LogP contribution in [0.5, 0.6) is 5.75 Å². The van der Waals surface area contributed by atoms with Crippen LogP contribution in [0.1, 0.15) is 16.7 Å². The van der Waals surface area contributed by atoms with Gasteiger partial charge < -0.3 is 10.1 Å². The number of benzene rings is 2. The van der Waals surface area contributed by atoms with Crippen LogP contribution in [-0.2, 0) is 19.5 Å². The Hall–Kier alpha value is -0.740. The molecule has 0 amide bonds. The molecule has 110 valence electrons. The zero-order valence-electron chi connectivity index (χ0n) is 11.3. The smallest absolute Gasteiger partial charge is 0.127 e. The second kappa shape index (κ2) is 6.57. The van der Waals surface area contributed by atoms with Crippen molar-refractivity contribution >= 4 is 39.1 Å². The lowest BCUT2D eigenvalue weighted by Crippen LogP contribution is -2.13. The van der Waals surface area contributed by atoms with Gasteiger partial charge in [-0.3, -0.25) is 0 Å². The van der Waals surface area contributed by atoms with Crippen LogP contribution >= 0.6 is 39.1 Å². The molecule has 0 spiro atoms. The molecule has 1 N–H and O–H groups in total. The molecule has 2 aromatic carbocycles. The predicted octanol–water partition coefficient (Wildman–Crippen LogP) is 4.98. The van der Waals surface area contributed by atoms with Crippen molar-refractivity contribution in [1.82, 2.24) is 5.32 Å². The van der Waals surface area contributed by atoms with E-state index >= 15 is 0 Å². The molecule has 2 aromatic rings. The van der Waals surface area contributed by atoms with Gasteiger partial charge in [-0.15, -0.1) is 0 Å². The molecule has 0 saturated carbocycles. The molecule has 1 heterocycles. The maximum absolute atomic E-state index is 6.01. The number of hydrogen-bond donors (Lipinski definition) is 1. The quantitative estimate of drug-likeness (QED) is 0.799. The minimum absolute atomic E-state index is 0.658. The average molecular weight is 387 g/mol. The first-order chi connectivity index (χ1) is 10.1. The summed E-state index contributed by atoms with van der Waals surface area (Å²) >= 11 is 15.6. The molecule has 3 rings (SSSR count). The van der Waals surface area contributed by atoms with Gasteiger partial charge in [0.15, 0.2) is 0 Å². The van der Waals surface area contributed by atoms with Crippen molar-refractivity contribution in [2.45, 2.75) is 19.5 Å². The zero-order chi connectivity index (χ0) is 14.8. The fraction of sp³-hybridized carbons (Fsp3) is 0.250. The molecule has 0 unspecified atom stereocenters. The number of halogens is 3. The number of hydrogen-bond acceptors (Lipinski definition) is 2. The Morgan fingerprint density at radius 3 is 2.57 bits per heavy atom. The van der Waals surface area contributed by atoms with Crippen LogP contribution in [-0.4, -0.2) is 6.61 Å². The first-order valence-electron chi connectivity index (χ1n) is 6.71. The molecule has 1 aliphatic rings. The summed E-state index contributed by atoms with van der Waals surface area (Å²) in [7, 11) is 0. The van der Waals surface area contributed by atoms with Crippen molar-refractivity contribution < 1.29 is 4.74 Å². The van der Waals surface area contributed by atoms with Gasteiger partial charge in [-0.2, -0.15) is 0 Å². The molecule has 0 atom stereocenters. The first kappa shape index (κ1) is 15.2. The van der Waals surface area contributed by atoms with Crippen molar-refractivity contribution in [2.75, 3.05) is 6.61 Å². The van der Waals surface area contributed by atoms with Crippen LogP contribution in [0.3, 0.4) is 0 Å². The third-order valence-electron chi connectivity index (χ3n) is 3.39. The minimum Gasteiger partial charge on any atom is -0.493 e. The summed E-state index contributed by atoms with van der Waals surface area (Å²) in [5.41, 5.74) is 3.51. The summed E-state index contributed by atoms with van der Waals surface area (Å²) in [6.45, 7) is 2.22. The van der Waals surface area contributed by atoms with E-state index in [0.717, 1.165) is 35.4 Å². The van der Waals surface area contributed by atoms with Crippen LogP contribution in [0.2, 0.25) is 10.0 Å². The van der Waals surface area contributed by atoms with Gasteiger partial charge in [-0.25, -0.2) is 0 Å². The van der Waals surface area contributed by atoms with Crippen molar-refractivity contribution in [2.24, 2.45) is 0 Å². The van der Waals surface area contributed by atoms with Gasteiger partial charge in [0.25, 0.3) is 0 Å². The van der Waals surface area contributed by atoms with Crippen LogP contribution in [0.15, 0.2) is 34.8 Å². The Morgan fingerprint density at radius 2 is 1.81 bits per heavy atom. The molecular formula is C16H14BrCl2NO. The maximum atomic E-state index is 6.01. The van der Waals surface area contributed by atoms with Gasteiger partial charge in [0.1, 0.15) is 5.75 Å². The van der Waals surface area contributed by atoms with Gasteiger partial charge in [-0.1, -0.05) is 39.1 Å². The summed E-state index contributed by atoms with van der Waals surface area (Å²) in [6, 6.07) is 9.80. The van der Waals surface area contributed by atoms with Crippen LogP contribution in [0, 0.1) is 0 Å². The zero-order valence-corrected chi connectivity index (χ0v) is 14.4. The third kappa shape index (κ3) is 3.72.